The van der Waals surface area contributed by atoms with Crippen LogP contribution in [0.2, 0.25) is 0 Å². The van der Waals surface area contributed by atoms with Gasteiger partial charge in [-0.2, -0.15) is 0 Å². The van der Waals surface area contributed by atoms with Crippen LogP contribution < -0.4 is 11.3 Å². The molecule has 0 atom stereocenters. The standard InChI is InChI=1S/C10H11N3S/c1-7-9(14-10(12-7)13-11)8-5-3-2-4-6-8/h2-6H,11H2,1H3,(H,12,13). The minimum atomic E-state index is 0.751. The van der Waals surface area contributed by atoms with Crippen molar-refractivity contribution in [3.8, 4) is 10.4 Å². The second-order valence-corrected chi connectivity index (χ2v) is 3.94. The summed E-state index contributed by atoms with van der Waals surface area (Å²) >= 11 is 1.57. The van der Waals surface area contributed by atoms with Crippen molar-refractivity contribution in [1.82, 2.24) is 4.98 Å². The van der Waals surface area contributed by atoms with Crippen molar-refractivity contribution >= 4 is 16.5 Å². The van der Waals surface area contributed by atoms with Crippen LogP contribution in [-0.2, 0) is 0 Å². The van der Waals surface area contributed by atoms with E-state index in [9.17, 15) is 0 Å². The Morgan fingerprint density at radius 3 is 2.57 bits per heavy atom. The van der Waals surface area contributed by atoms with E-state index in [2.05, 4.69) is 22.5 Å². The zero-order valence-corrected chi connectivity index (χ0v) is 8.64. The molecule has 0 aliphatic rings. The molecule has 1 aromatic carbocycles. The predicted molar refractivity (Wildman–Crippen MR) is 60.1 cm³/mol. The number of aromatic nitrogens is 1. The van der Waals surface area contributed by atoms with Gasteiger partial charge in [0.1, 0.15) is 0 Å². The first-order valence-corrected chi connectivity index (χ1v) is 5.12. The van der Waals surface area contributed by atoms with E-state index in [4.69, 9.17) is 5.84 Å². The minimum absolute atomic E-state index is 0.751. The Morgan fingerprint density at radius 1 is 1.29 bits per heavy atom. The number of hydrazine groups is 1. The number of nitrogens with one attached hydrogen (secondary N) is 1. The van der Waals surface area contributed by atoms with Gasteiger partial charge in [-0.3, -0.25) is 5.43 Å². The van der Waals surface area contributed by atoms with E-state index in [-0.39, 0.29) is 0 Å². The van der Waals surface area contributed by atoms with Crippen molar-refractivity contribution in [2.45, 2.75) is 6.92 Å². The molecule has 14 heavy (non-hydrogen) atoms. The first-order chi connectivity index (χ1) is 6.81. The summed E-state index contributed by atoms with van der Waals surface area (Å²) in [6, 6.07) is 10.2. The van der Waals surface area contributed by atoms with Gasteiger partial charge in [-0.1, -0.05) is 41.7 Å². The normalized spacial score (nSPS) is 10.1. The molecule has 0 aliphatic carbocycles. The Hall–Kier alpha value is -1.39. The maximum absolute atomic E-state index is 5.31. The number of benzene rings is 1. The number of anilines is 1. The van der Waals surface area contributed by atoms with Gasteiger partial charge >= 0.3 is 0 Å². The van der Waals surface area contributed by atoms with E-state index < -0.39 is 0 Å². The van der Waals surface area contributed by atoms with Crippen LogP contribution in [0.1, 0.15) is 5.69 Å². The number of hydrogen-bond acceptors (Lipinski definition) is 4. The molecule has 0 unspecified atom stereocenters. The van der Waals surface area contributed by atoms with Crippen molar-refractivity contribution in [2.75, 3.05) is 5.43 Å². The van der Waals surface area contributed by atoms with Gasteiger partial charge in [0.25, 0.3) is 0 Å². The number of rotatable bonds is 2. The van der Waals surface area contributed by atoms with E-state index in [1.165, 1.54) is 10.4 Å². The molecule has 2 rings (SSSR count). The zero-order chi connectivity index (χ0) is 9.97. The monoisotopic (exact) mass is 205 g/mol. The van der Waals surface area contributed by atoms with E-state index in [1.54, 1.807) is 11.3 Å². The highest BCUT2D eigenvalue weighted by Gasteiger charge is 2.07. The minimum Gasteiger partial charge on any atom is -0.300 e. The molecule has 2 aromatic rings. The largest absolute Gasteiger partial charge is 0.300 e. The summed E-state index contributed by atoms with van der Waals surface area (Å²) in [5.74, 6) is 5.31. The molecule has 0 saturated carbocycles. The van der Waals surface area contributed by atoms with Crippen LogP contribution in [0, 0.1) is 6.92 Å². The van der Waals surface area contributed by atoms with Gasteiger partial charge in [0.05, 0.1) is 10.6 Å². The second kappa shape index (κ2) is 3.77. The average molecular weight is 205 g/mol. The molecule has 3 nitrogen and oxygen atoms in total. The van der Waals surface area contributed by atoms with Gasteiger partial charge in [-0.25, -0.2) is 10.8 Å². The fourth-order valence-electron chi connectivity index (χ4n) is 1.32. The first kappa shape index (κ1) is 9.18. The third kappa shape index (κ3) is 1.62. The summed E-state index contributed by atoms with van der Waals surface area (Å²) in [5.41, 5.74) is 4.76. The van der Waals surface area contributed by atoms with Gasteiger partial charge in [0.15, 0.2) is 5.13 Å². The Kier molecular flexibility index (Phi) is 2.47. The van der Waals surface area contributed by atoms with Crippen LogP contribution in [0.15, 0.2) is 30.3 Å². The predicted octanol–water partition coefficient (Wildman–Crippen LogP) is 2.40. The molecule has 0 bridgehead atoms. The zero-order valence-electron chi connectivity index (χ0n) is 7.82. The first-order valence-electron chi connectivity index (χ1n) is 4.30. The van der Waals surface area contributed by atoms with Crippen molar-refractivity contribution in [2.24, 2.45) is 5.84 Å². The van der Waals surface area contributed by atoms with E-state index in [0.717, 1.165) is 10.8 Å². The summed E-state index contributed by atoms with van der Waals surface area (Å²) in [6.45, 7) is 1.99. The number of thiazole rings is 1. The molecule has 0 amide bonds. The summed E-state index contributed by atoms with van der Waals surface area (Å²) < 4.78 is 0. The summed E-state index contributed by atoms with van der Waals surface area (Å²) in [4.78, 5) is 5.45. The molecule has 0 aliphatic heterocycles. The van der Waals surface area contributed by atoms with Gasteiger partial charge in [0.2, 0.25) is 0 Å². The fourth-order valence-corrected chi connectivity index (χ4v) is 2.20. The topological polar surface area (TPSA) is 50.9 Å². The Morgan fingerprint density at radius 2 is 2.00 bits per heavy atom. The maximum Gasteiger partial charge on any atom is 0.197 e. The van der Waals surface area contributed by atoms with E-state index in [0.29, 0.717) is 0 Å². The lowest BCUT2D eigenvalue weighted by Crippen LogP contribution is -2.05. The number of hydrogen-bond donors (Lipinski definition) is 2. The van der Waals surface area contributed by atoms with Gasteiger partial charge in [-0.15, -0.1) is 0 Å². The van der Waals surface area contributed by atoms with Crippen LogP contribution in [0.4, 0.5) is 5.13 Å². The molecule has 1 heterocycles. The van der Waals surface area contributed by atoms with Crippen molar-refractivity contribution in [1.29, 1.82) is 0 Å². The lowest BCUT2D eigenvalue weighted by molar-refractivity contribution is 1.22. The van der Waals surface area contributed by atoms with Gasteiger partial charge in [-0.05, 0) is 12.5 Å². The van der Waals surface area contributed by atoms with Gasteiger partial charge in [0, 0.05) is 0 Å². The third-order valence-corrected chi connectivity index (χ3v) is 3.09. The van der Waals surface area contributed by atoms with Crippen LogP contribution in [0.3, 0.4) is 0 Å². The van der Waals surface area contributed by atoms with Crippen molar-refractivity contribution in [3.05, 3.63) is 36.0 Å². The Balaban J connectivity index is 2.46. The van der Waals surface area contributed by atoms with Crippen LogP contribution in [0.5, 0.6) is 0 Å². The van der Waals surface area contributed by atoms with Crippen LogP contribution in [-0.4, -0.2) is 4.98 Å². The molecule has 3 N–H and O–H groups in total. The highest BCUT2D eigenvalue weighted by Crippen LogP contribution is 2.31. The number of nitrogen functional groups attached to an aromatic ring is 1. The molecule has 0 radical (unpaired) electrons. The summed E-state index contributed by atoms with van der Waals surface area (Å²) in [7, 11) is 0. The maximum atomic E-state index is 5.31. The van der Waals surface area contributed by atoms with E-state index >= 15 is 0 Å². The lowest BCUT2D eigenvalue weighted by atomic mass is 10.2. The van der Waals surface area contributed by atoms with Crippen molar-refractivity contribution < 1.29 is 0 Å². The average Bonchev–Trinajstić information content (AvgIpc) is 2.61. The summed E-state index contributed by atoms with van der Waals surface area (Å²) in [5, 5.41) is 0.751. The molecular weight excluding hydrogens is 194 g/mol. The highest BCUT2D eigenvalue weighted by atomic mass is 32.1. The summed E-state index contributed by atoms with van der Waals surface area (Å²) in [6.07, 6.45) is 0. The Bertz CT molecular complexity index is 422. The van der Waals surface area contributed by atoms with Crippen LogP contribution in [0.25, 0.3) is 10.4 Å². The van der Waals surface area contributed by atoms with Crippen LogP contribution >= 0.6 is 11.3 Å². The lowest BCUT2D eigenvalue weighted by Gasteiger charge is -1.96. The number of nitrogens with zero attached hydrogens (tertiary/aromatic N) is 1. The molecule has 4 heteroatoms. The van der Waals surface area contributed by atoms with Gasteiger partial charge < -0.3 is 0 Å². The molecular formula is C10H11N3S. The van der Waals surface area contributed by atoms with Crippen molar-refractivity contribution in [3.63, 3.8) is 0 Å². The quantitative estimate of drug-likeness (QED) is 0.584. The number of nitrogens with two attached hydrogens (primary N) is 1. The van der Waals surface area contributed by atoms with E-state index in [1.807, 2.05) is 25.1 Å². The molecule has 0 spiro atoms. The second-order valence-electron chi connectivity index (χ2n) is 2.94. The Labute approximate surface area is 86.6 Å². The third-order valence-electron chi connectivity index (χ3n) is 1.96. The molecule has 72 valence electrons. The fraction of sp³-hybridized carbons (Fsp3) is 0.100. The SMILES string of the molecule is Cc1nc(NN)sc1-c1ccccc1. The highest BCUT2D eigenvalue weighted by molar-refractivity contribution is 7.19. The number of aryl methyl sites for hydroxylation is 1. The molecule has 1 aromatic heterocycles. The smallest absolute Gasteiger partial charge is 0.197 e. The molecule has 0 fully saturated rings. The molecule has 0 saturated heterocycles.